The number of fused-ring (bicyclic) bond motifs is 2. The number of rotatable bonds is 7. The molecule has 7 rings (SSSR count). The molecule has 0 aliphatic carbocycles. The topological polar surface area (TPSA) is 83.5 Å². The van der Waals surface area contributed by atoms with Crippen molar-refractivity contribution in [3.05, 3.63) is 105 Å². The number of aromatic nitrogens is 5. The van der Waals surface area contributed by atoms with Crippen LogP contribution >= 0.6 is 11.3 Å². The lowest BCUT2D eigenvalue weighted by atomic mass is 10.0. The summed E-state index contributed by atoms with van der Waals surface area (Å²) in [5, 5.41) is 9.47. The van der Waals surface area contributed by atoms with E-state index in [0.29, 0.717) is 21.9 Å². The normalized spacial score (nSPS) is 14.9. The summed E-state index contributed by atoms with van der Waals surface area (Å²) in [4.78, 5) is 18.6. The van der Waals surface area contributed by atoms with Gasteiger partial charge in [0.2, 0.25) is 4.96 Å². The van der Waals surface area contributed by atoms with Gasteiger partial charge in [0.15, 0.2) is 5.82 Å². The predicted molar refractivity (Wildman–Crippen MR) is 160 cm³/mol. The first-order valence-corrected chi connectivity index (χ1v) is 14.5. The van der Waals surface area contributed by atoms with Crippen molar-refractivity contribution >= 4 is 22.4 Å². The molecule has 1 atom stereocenters. The van der Waals surface area contributed by atoms with Crippen LogP contribution in [0.1, 0.15) is 31.4 Å². The summed E-state index contributed by atoms with van der Waals surface area (Å²) in [6.45, 7) is 4.81. The second kappa shape index (κ2) is 10.3. The third kappa shape index (κ3) is 4.78. The van der Waals surface area contributed by atoms with E-state index in [0.717, 1.165) is 58.0 Å². The summed E-state index contributed by atoms with van der Waals surface area (Å²) in [5.41, 5.74) is 5.33. The monoisotopic (exact) mass is 561 g/mol. The number of nitrogens with zero attached hydrogens (tertiary/aromatic N) is 5. The fraction of sp³-hybridized carbons (Fsp3) is 0.188. The molecule has 0 bridgehead atoms. The summed E-state index contributed by atoms with van der Waals surface area (Å²) < 4.78 is 15.3. The number of hydrogen-bond donors (Lipinski definition) is 0. The van der Waals surface area contributed by atoms with Crippen LogP contribution < -0.4 is 19.6 Å². The average molecular weight is 562 g/mol. The first-order valence-electron chi connectivity index (χ1n) is 13.7. The standard InChI is InChI=1S/C32H27N5O3S/c1-3-15-39-26-12-9-21(10-13-26)30-33-32-37(35-30)31(38)28(41-32)18-24-19-36(25-7-5-4-6-8-25)34-29(24)22-11-14-27-23(17-22)16-20(2)40-27/h4-14,17-20H,3,15-16H2,1-2H3. The Kier molecular flexibility index (Phi) is 6.36. The fourth-order valence-corrected chi connectivity index (χ4v) is 5.92. The lowest BCUT2D eigenvalue weighted by Gasteiger charge is -2.04. The van der Waals surface area contributed by atoms with Gasteiger partial charge in [-0.2, -0.15) is 14.6 Å². The first-order chi connectivity index (χ1) is 20.1. The highest BCUT2D eigenvalue weighted by Crippen LogP contribution is 2.34. The zero-order valence-electron chi connectivity index (χ0n) is 22.7. The molecular weight excluding hydrogens is 534 g/mol. The van der Waals surface area contributed by atoms with Crippen LogP contribution in [0.15, 0.2) is 83.8 Å². The second-order valence-corrected chi connectivity index (χ2v) is 11.1. The highest BCUT2D eigenvalue weighted by Gasteiger charge is 2.21. The number of benzene rings is 3. The minimum Gasteiger partial charge on any atom is -0.494 e. The van der Waals surface area contributed by atoms with E-state index >= 15 is 0 Å². The van der Waals surface area contributed by atoms with E-state index in [1.807, 2.05) is 83.7 Å². The molecule has 0 radical (unpaired) electrons. The molecule has 0 fully saturated rings. The molecule has 9 heteroatoms. The number of thiazole rings is 1. The molecule has 3 aromatic heterocycles. The summed E-state index contributed by atoms with van der Waals surface area (Å²) in [6.07, 6.45) is 5.80. The zero-order valence-corrected chi connectivity index (χ0v) is 23.5. The lowest BCUT2D eigenvalue weighted by Crippen LogP contribution is -2.23. The van der Waals surface area contributed by atoms with E-state index < -0.39 is 0 Å². The quantitative estimate of drug-likeness (QED) is 0.262. The molecule has 6 aromatic rings. The van der Waals surface area contributed by atoms with Crippen LogP contribution in [0, 0.1) is 0 Å². The van der Waals surface area contributed by atoms with E-state index in [-0.39, 0.29) is 11.7 Å². The van der Waals surface area contributed by atoms with Gasteiger partial charge < -0.3 is 9.47 Å². The highest BCUT2D eigenvalue weighted by molar-refractivity contribution is 7.15. The van der Waals surface area contributed by atoms with Crippen LogP contribution in [-0.2, 0) is 6.42 Å². The maximum atomic E-state index is 13.4. The molecule has 0 spiro atoms. The van der Waals surface area contributed by atoms with Gasteiger partial charge in [0.25, 0.3) is 5.56 Å². The minimum absolute atomic E-state index is 0.156. The number of para-hydroxylation sites is 1. The van der Waals surface area contributed by atoms with Crippen LogP contribution in [0.25, 0.3) is 39.4 Å². The van der Waals surface area contributed by atoms with E-state index in [4.69, 9.17) is 14.6 Å². The molecule has 4 heterocycles. The third-order valence-corrected chi connectivity index (χ3v) is 7.95. The van der Waals surface area contributed by atoms with E-state index in [1.165, 1.54) is 15.9 Å². The van der Waals surface area contributed by atoms with Gasteiger partial charge in [-0.3, -0.25) is 4.79 Å². The Labute approximate surface area is 240 Å². The van der Waals surface area contributed by atoms with Crippen molar-refractivity contribution in [3.63, 3.8) is 0 Å². The van der Waals surface area contributed by atoms with Crippen LogP contribution in [0.5, 0.6) is 11.5 Å². The molecule has 1 unspecified atom stereocenters. The van der Waals surface area contributed by atoms with Gasteiger partial charge in [0.05, 0.1) is 16.8 Å². The van der Waals surface area contributed by atoms with E-state index in [1.54, 1.807) is 0 Å². The Morgan fingerprint density at radius 1 is 1.05 bits per heavy atom. The van der Waals surface area contributed by atoms with Crippen LogP contribution in [0.2, 0.25) is 0 Å². The largest absolute Gasteiger partial charge is 0.494 e. The van der Waals surface area contributed by atoms with Crippen molar-refractivity contribution in [1.29, 1.82) is 0 Å². The highest BCUT2D eigenvalue weighted by atomic mass is 32.1. The Hall–Kier alpha value is -4.76. The van der Waals surface area contributed by atoms with Crippen molar-refractivity contribution in [2.75, 3.05) is 6.61 Å². The zero-order chi connectivity index (χ0) is 27.9. The third-order valence-electron chi connectivity index (χ3n) is 6.99. The lowest BCUT2D eigenvalue weighted by molar-refractivity contribution is 0.254. The number of hydrogen-bond acceptors (Lipinski definition) is 7. The van der Waals surface area contributed by atoms with Crippen LogP contribution in [0.4, 0.5) is 0 Å². The first kappa shape index (κ1) is 25.2. The SMILES string of the molecule is CCCOc1ccc(-c2nc3sc(=Cc4cn(-c5ccccc5)nc4-c4ccc5c(c4)CC(C)O5)c(=O)n3n2)cc1. The molecule has 0 amide bonds. The summed E-state index contributed by atoms with van der Waals surface area (Å²) in [5.74, 6) is 2.23. The van der Waals surface area contributed by atoms with Gasteiger partial charge in [0, 0.05) is 29.3 Å². The fourth-order valence-electron chi connectivity index (χ4n) is 5.02. The van der Waals surface area contributed by atoms with Gasteiger partial charge in [-0.15, -0.1) is 5.10 Å². The van der Waals surface area contributed by atoms with Gasteiger partial charge in [0.1, 0.15) is 23.3 Å². The van der Waals surface area contributed by atoms with Crippen molar-refractivity contribution < 1.29 is 9.47 Å². The molecule has 41 heavy (non-hydrogen) atoms. The molecule has 1 aliphatic rings. The molecule has 3 aromatic carbocycles. The molecule has 1 aliphatic heterocycles. The maximum absolute atomic E-state index is 13.4. The van der Waals surface area contributed by atoms with Crippen molar-refractivity contribution in [1.82, 2.24) is 24.4 Å². The van der Waals surface area contributed by atoms with E-state index in [2.05, 4.69) is 30.0 Å². The van der Waals surface area contributed by atoms with Gasteiger partial charge in [-0.1, -0.05) is 36.5 Å². The molecule has 204 valence electrons. The predicted octanol–water partition coefficient (Wildman–Crippen LogP) is 5.33. The van der Waals surface area contributed by atoms with Gasteiger partial charge >= 0.3 is 0 Å². The summed E-state index contributed by atoms with van der Waals surface area (Å²) in [6, 6.07) is 23.7. The molecule has 8 nitrogen and oxygen atoms in total. The second-order valence-electron chi connectivity index (χ2n) is 10.1. The molecule has 0 saturated heterocycles. The van der Waals surface area contributed by atoms with Gasteiger partial charge in [-0.25, -0.2) is 4.68 Å². The molecule has 0 N–H and O–H groups in total. The maximum Gasteiger partial charge on any atom is 0.291 e. The van der Waals surface area contributed by atoms with Crippen LogP contribution in [-0.4, -0.2) is 37.1 Å². The summed E-state index contributed by atoms with van der Waals surface area (Å²) >= 11 is 1.32. The van der Waals surface area contributed by atoms with E-state index in [9.17, 15) is 4.79 Å². The number of ether oxygens (including phenoxy) is 2. The minimum atomic E-state index is -0.207. The Morgan fingerprint density at radius 2 is 1.85 bits per heavy atom. The molecular formula is C32H27N5O3S. The van der Waals surface area contributed by atoms with Crippen molar-refractivity contribution in [2.24, 2.45) is 0 Å². The Morgan fingerprint density at radius 3 is 2.63 bits per heavy atom. The molecule has 0 saturated carbocycles. The van der Waals surface area contributed by atoms with Crippen molar-refractivity contribution in [2.45, 2.75) is 32.8 Å². The Balaban J connectivity index is 1.28. The average Bonchev–Trinajstić information content (AvgIpc) is 3.76. The summed E-state index contributed by atoms with van der Waals surface area (Å²) in [7, 11) is 0. The Bertz CT molecular complexity index is 1980. The smallest absolute Gasteiger partial charge is 0.291 e. The van der Waals surface area contributed by atoms with Crippen molar-refractivity contribution in [3.8, 4) is 39.8 Å². The van der Waals surface area contributed by atoms with Crippen LogP contribution in [0.3, 0.4) is 0 Å². The van der Waals surface area contributed by atoms with Gasteiger partial charge in [-0.05, 0) is 79.6 Å².